The van der Waals surface area contributed by atoms with Crippen LogP contribution in [0.3, 0.4) is 0 Å². The summed E-state index contributed by atoms with van der Waals surface area (Å²) in [6, 6.07) is 5.57. The van der Waals surface area contributed by atoms with Crippen LogP contribution in [-0.4, -0.2) is 36.9 Å². The van der Waals surface area contributed by atoms with Crippen molar-refractivity contribution < 1.29 is 17.6 Å². The molecule has 2 aromatic rings. The molecule has 3 rings (SSSR count). The minimum Gasteiger partial charge on any atom is -0.348 e. The number of hydrogen-bond acceptors (Lipinski definition) is 5. The second kappa shape index (κ2) is 6.60. The summed E-state index contributed by atoms with van der Waals surface area (Å²) in [4.78, 5) is 17.3. The predicted molar refractivity (Wildman–Crippen MR) is 91.4 cm³/mol. The molecule has 2 heterocycles. The highest BCUT2D eigenvalue weighted by molar-refractivity contribution is 7.91. The maximum absolute atomic E-state index is 13.0. The first-order valence-electron chi connectivity index (χ1n) is 7.59. The largest absolute Gasteiger partial charge is 0.348 e. The Kier molecular flexibility index (Phi) is 4.69. The molecule has 8 heteroatoms. The van der Waals surface area contributed by atoms with E-state index in [1.54, 1.807) is 19.1 Å². The van der Waals surface area contributed by atoms with Gasteiger partial charge in [-0.25, -0.2) is 17.8 Å². The Labute approximate surface area is 143 Å². The molecule has 0 saturated carbocycles. The summed E-state index contributed by atoms with van der Waals surface area (Å²) in [6.07, 6.45) is 1.23. The van der Waals surface area contributed by atoms with Crippen LogP contribution in [-0.2, 0) is 9.84 Å². The van der Waals surface area contributed by atoms with Crippen molar-refractivity contribution in [3.63, 3.8) is 0 Å². The molecular weight excluding hydrogens is 351 g/mol. The van der Waals surface area contributed by atoms with E-state index in [2.05, 4.69) is 10.3 Å². The Hall–Kier alpha value is -1.80. The van der Waals surface area contributed by atoms with Crippen LogP contribution in [0.25, 0.3) is 10.6 Å². The maximum Gasteiger partial charge on any atom is 0.263 e. The molecule has 1 amide bonds. The van der Waals surface area contributed by atoms with Crippen LogP contribution < -0.4 is 5.32 Å². The second-order valence-electron chi connectivity index (χ2n) is 5.87. The van der Waals surface area contributed by atoms with Crippen LogP contribution in [0, 0.1) is 12.7 Å². The number of aromatic nitrogens is 1. The summed E-state index contributed by atoms with van der Waals surface area (Å²) in [5.41, 5.74) is 1.32. The SMILES string of the molecule is Cc1nc(-c2ccc(F)cc2)sc1C(=O)NC1CCCS(=O)(=O)C1. The Morgan fingerprint density at radius 1 is 1.33 bits per heavy atom. The predicted octanol–water partition coefficient (Wildman–Crippen LogP) is 2.56. The zero-order valence-electron chi connectivity index (χ0n) is 13.1. The lowest BCUT2D eigenvalue weighted by molar-refractivity contribution is 0.0941. The topological polar surface area (TPSA) is 76.1 Å². The highest BCUT2D eigenvalue weighted by Gasteiger charge is 2.27. The first-order chi connectivity index (χ1) is 11.3. The maximum atomic E-state index is 13.0. The van der Waals surface area contributed by atoms with E-state index in [9.17, 15) is 17.6 Å². The van der Waals surface area contributed by atoms with E-state index in [0.717, 1.165) is 5.56 Å². The zero-order chi connectivity index (χ0) is 17.3. The van der Waals surface area contributed by atoms with Crippen LogP contribution in [0.1, 0.15) is 28.2 Å². The third kappa shape index (κ3) is 3.81. The second-order valence-corrected chi connectivity index (χ2v) is 9.10. The molecular formula is C16H17FN2O3S2. The van der Waals surface area contributed by atoms with Gasteiger partial charge in [0.2, 0.25) is 0 Å². The molecule has 1 aliphatic rings. The van der Waals surface area contributed by atoms with Crippen molar-refractivity contribution in [2.45, 2.75) is 25.8 Å². The van der Waals surface area contributed by atoms with E-state index >= 15 is 0 Å². The summed E-state index contributed by atoms with van der Waals surface area (Å²) in [7, 11) is -3.07. The monoisotopic (exact) mass is 368 g/mol. The van der Waals surface area contributed by atoms with Gasteiger partial charge >= 0.3 is 0 Å². The van der Waals surface area contributed by atoms with Gasteiger partial charge < -0.3 is 5.32 Å². The molecule has 5 nitrogen and oxygen atoms in total. The van der Waals surface area contributed by atoms with Gasteiger partial charge in [-0.3, -0.25) is 4.79 Å². The molecule has 0 radical (unpaired) electrons. The molecule has 128 valence electrons. The van der Waals surface area contributed by atoms with E-state index in [1.165, 1.54) is 23.5 Å². The number of amides is 1. The van der Waals surface area contributed by atoms with Gasteiger partial charge in [-0.1, -0.05) is 0 Å². The lowest BCUT2D eigenvalue weighted by atomic mass is 10.2. The first-order valence-corrected chi connectivity index (χ1v) is 10.2. The number of carbonyl (C=O) groups is 1. The number of aryl methyl sites for hydroxylation is 1. The number of thiazole rings is 1. The van der Waals surface area contributed by atoms with Gasteiger partial charge in [0.25, 0.3) is 5.91 Å². The smallest absolute Gasteiger partial charge is 0.263 e. The third-order valence-corrected chi connectivity index (χ3v) is 6.92. The average molecular weight is 368 g/mol. The molecule has 1 aromatic carbocycles. The third-order valence-electron chi connectivity index (χ3n) is 3.89. The lowest BCUT2D eigenvalue weighted by Crippen LogP contribution is -2.43. The van der Waals surface area contributed by atoms with Crippen LogP contribution in [0.2, 0.25) is 0 Å². The number of benzene rings is 1. The fourth-order valence-electron chi connectivity index (χ4n) is 2.71. The van der Waals surface area contributed by atoms with Gasteiger partial charge in [0, 0.05) is 11.6 Å². The summed E-state index contributed by atoms with van der Waals surface area (Å²) in [5, 5.41) is 3.43. The first kappa shape index (κ1) is 17.0. The normalized spacial score (nSPS) is 19.8. The summed E-state index contributed by atoms with van der Waals surface area (Å²) in [5.74, 6) is -0.460. The number of nitrogens with one attached hydrogen (secondary N) is 1. The molecule has 1 atom stereocenters. The fourth-order valence-corrected chi connectivity index (χ4v) is 5.32. The number of sulfone groups is 1. The van der Waals surface area contributed by atoms with Crippen molar-refractivity contribution in [2.75, 3.05) is 11.5 Å². The summed E-state index contributed by atoms with van der Waals surface area (Å²) < 4.78 is 36.3. The van der Waals surface area contributed by atoms with Gasteiger partial charge in [0.15, 0.2) is 9.84 Å². The Balaban J connectivity index is 1.77. The van der Waals surface area contributed by atoms with E-state index in [-0.39, 0.29) is 29.3 Å². The van der Waals surface area contributed by atoms with Crippen molar-refractivity contribution in [1.29, 1.82) is 0 Å². The molecule has 1 fully saturated rings. The Morgan fingerprint density at radius 2 is 2.04 bits per heavy atom. The van der Waals surface area contributed by atoms with Crippen molar-refractivity contribution in [3.05, 3.63) is 40.7 Å². The lowest BCUT2D eigenvalue weighted by Gasteiger charge is -2.22. The molecule has 24 heavy (non-hydrogen) atoms. The number of rotatable bonds is 3. The highest BCUT2D eigenvalue weighted by Crippen LogP contribution is 2.28. The summed E-state index contributed by atoms with van der Waals surface area (Å²) in [6.45, 7) is 1.73. The van der Waals surface area contributed by atoms with Gasteiger partial charge in [-0.05, 0) is 44.0 Å². The molecule has 0 aliphatic carbocycles. The summed E-state index contributed by atoms with van der Waals surface area (Å²) >= 11 is 1.22. The molecule has 1 aromatic heterocycles. The van der Waals surface area contributed by atoms with Gasteiger partial charge in [0.1, 0.15) is 15.7 Å². The van der Waals surface area contributed by atoms with E-state index in [4.69, 9.17) is 0 Å². The van der Waals surface area contributed by atoms with E-state index in [0.29, 0.717) is 28.4 Å². The molecule has 0 spiro atoms. The van der Waals surface area contributed by atoms with Gasteiger partial charge in [-0.2, -0.15) is 0 Å². The minimum atomic E-state index is -3.07. The minimum absolute atomic E-state index is 0.0125. The average Bonchev–Trinajstić information content (AvgIpc) is 2.89. The quantitative estimate of drug-likeness (QED) is 0.903. The molecule has 1 saturated heterocycles. The molecule has 1 N–H and O–H groups in total. The molecule has 0 bridgehead atoms. The number of hydrogen-bond donors (Lipinski definition) is 1. The fraction of sp³-hybridized carbons (Fsp3) is 0.375. The van der Waals surface area contributed by atoms with Gasteiger partial charge in [-0.15, -0.1) is 11.3 Å². The van der Waals surface area contributed by atoms with Crippen LogP contribution in [0.4, 0.5) is 4.39 Å². The van der Waals surface area contributed by atoms with E-state index < -0.39 is 9.84 Å². The van der Waals surface area contributed by atoms with Gasteiger partial charge in [0.05, 0.1) is 17.2 Å². The number of halogens is 1. The Morgan fingerprint density at radius 3 is 2.71 bits per heavy atom. The van der Waals surface area contributed by atoms with Crippen molar-refractivity contribution in [3.8, 4) is 10.6 Å². The number of carbonyl (C=O) groups excluding carboxylic acids is 1. The molecule has 1 aliphatic heterocycles. The van der Waals surface area contributed by atoms with Crippen LogP contribution in [0.15, 0.2) is 24.3 Å². The van der Waals surface area contributed by atoms with Crippen molar-refractivity contribution in [1.82, 2.24) is 10.3 Å². The Bertz CT molecular complexity index is 860. The highest BCUT2D eigenvalue weighted by atomic mass is 32.2. The van der Waals surface area contributed by atoms with Crippen molar-refractivity contribution >= 4 is 27.1 Å². The zero-order valence-corrected chi connectivity index (χ0v) is 14.7. The van der Waals surface area contributed by atoms with Crippen LogP contribution >= 0.6 is 11.3 Å². The van der Waals surface area contributed by atoms with Crippen molar-refractivity contribution in [2.24, 2.45) is 0 Å². The van der Waals surface area contributed by atoms with E-state index in [1.807, 2.05) is 0 Å². The van der Waals surface area contributed by atoms with Crippen LogP contribution in [0.5, 0.6) is 0 Å². The number of nitrogens with zero attached hydrogens (tertiary/aromatic N) is 1. The molecule has 1 unspecified atom stereocenters. The standard InChI is InChI=1S/C16H17FN2O3S2/c1-10-14(15(20)19-13-3-2-8-24(21,22)9-13)23-16(18-10)11-4-6-12(17)7-5-11/h4-7,13H,2-3,8-9H2,1H3,(H,19,20).